The smallest absolute Gasteiger partial charge is 0.338 e. The maximum absolute atomic E-state index is 12.1. The predicted octanol–water partition coefficient (Wildman–Crippen LogP) is 3.95. The molecule has 6 heteroatoms. The van der Waals surface area contributed by atoms with Gasteiger partial charge in [-0.2, -0.15) is 0 Å². The van der Waals surface area contributed by atoms with Crippen molar-refractivity contribution >= 4 is 28.6 Å². The average molecular weight is 365 g/mol. The number of amides is 2. The van der Waals surface area contributed by atoms with Gasteiger partial charge in [-0.1, -0.05) is 24.3 Å². The number of anilines is 1. The van der Waals surface area contributed by atoms with Crippen LogP contribution in [0, 0.1) is 6.92 Å². The number of ether oxygens (including phenoxy) is 1. The minimum Gasteiger partial charge on any atom is -0.465 e. The van der Waals surface area contributed by atoms with Crippen LogP contribution in [0.1, 0.15) is 22.3 Å². The van der Waals surface area contributed by atoms with Crippen LogP contribution in [0.4, 0.5) is 10.5 Å². The molecule has 3 aromatic rings. The predicted molar refractivity (Wildman–Crippen MR) is 106 cm³/mol. The van der Waals surface area contributed by atoms with E-state index in [2.05, 4.69) is 39.6 Å². The maximum Gasteiger partial charge on any atom is 0.338 e. The van der Waals surface area contributed by atoms with E-state index in [1.807, 2.05) is 12.1 Å². The topological polar surface area (TPSA) is 72.4 Å². The van der Waals surface area contributed by atoms with Gasteiger partial charge in [0.1, 0.15) is 0 Å². The van der Waals surface area contributed by atoms with Crippen molar-refractivity contribution in [3.05, 3.63) is 65.9 Å². The van der Waals surface area contributed by atoms with E-state index in [1.54, 1.807) is 25.1 Å². The molecule has 0 atom stereocenters. The molecule has 0 bridgehead atoms. The highest BCUT2D eigenvalue weighted by atomic mass is 16.5. The molecule has 0 saturated carbocycles. The Morgan fingerprint density at radius 1 is 1.07 bits per heavy atom. The van der Waals surface area contributed by atoms with Crippen molar-refractivity contribution in [3.8, 4) is 0 Å². The molecule has 2 N–H and O–H groups in total. The number of rotatable bonds is 6. The summed E-state index contributed by atoms with van der Waals surface area (Å²) in [6.07, 6.45) is 2.87. The van der Waals surface area contributed by atoms with Crippen molar-refractivity contribution in [2.24, 2.45) is 0 Å². The molecule has 1 heterocycles. The number of para-hydroxylation sites is 1. The number of hydrogen-bond donors (Lipinski definition) is 2. The van der Waals surface area contributed by atoms with Crippen LogP contribution in [0.5, 0.6) is 0 Å². The van der Waals surface area contributed by atoms with E-state index in [-0.39, 0.29) is 6.03 Å². The van der Waals surface area contributed by atoms with E-state index in [0.29, 0.717) is 23.4 Å². The van der Waals surface area contributed by atoms with Gasteiger partial charge in [-0.15, -0.1) is 0 Å². The molecule has 0 spiro atoms. The van der Waals surface area contributed by atoms with Crippen LogP contribution in [-0.2, 0) is 11.3 Å². The summed E-state index contributed by atoms with van der Waals surface area (Å²) in [6.45, 7) is 3.15. The van der Waals surface area contributed by atoms with Crippen LogP contribution in [0.2, 0.25) is 0 Å². The summed E-state index contributed by atoms with van der Waals surface area (Å²) in [5, 5.41) is 6.85. The Balaban J connectivity index is 1.51. The van der Waals surface area contributed by atoms with Gasteiger partial charge in [-0.3, -0.25) is 0 Å². The second-order valence-electron chi connectivity index (χ2n) is 6.27. The van der Waals surface area contributed by atoms with Gasteiger partial charge in [-0.25, -0.2) is 9.59 Å². The number of urea groups is 1. The number of benzene rings is 2. The number of aromatic nitrogens is 1. The fourth-order valence-electron chi connectivity index (χ4n) is 3.06. The fraction of sp³-hybridized carbons (Fsp3) is 0.238. The highest BCUT2D eigenvalue weighted by molar-refractivity contribution is 5.96. The van der Waals surface area contributed by atoms with Crippen LogP contribution in [0.3, 0.4) is 0 Å². The summed E-state index contributed by atoms with van der Waals surface area (Å²) < 4.78 is 6.93. The molecule has 1 aromatic heterocycles. The Morgan fingerprint density at radius 3 is 2.70 bits per heavy atom. The number of esters is 1. The SMILES string of the molecule is COC(=O)c1cccc(NC(=O)NCCCn2ccc3ccccc32)c1C. The number of hydrogen-bond acceptors (Lipinski definition) is 3. The van der Waals surface area contributed by atoms with Crippen LogP contribution in [0.25, 0.3) is 10.9 Å². The van der Waals surface area contributed by atoms with Gasteiger partial charge in [0.05, 0.1) is 12.7 Å². The van der Waals surface area contributed by atoms with Crippen molar-refractivity contribution < 1.29 is 14.3 Å². The van der Waals surface area contributed by atoms with Crippen LogP contribution in [0.15, 0.2) is 54.7 Å². The van der Waals surface area contributed by atoms with Crippen LogP contribution < -0.4 is 10.6 Å². The summed E-state index contributed by atoms with van der Waals surface area (Å²) in [5.41, 5.74) is 2.90. The highest BCUT2D eigenvalue weighted by Gasteiger charge is 2.13. The third-order valence-electron chi connectivity index (χ3n) is 4.53. The second-order valence-corrected chi connectivity index (χ2v) is 6.27. The Bertz CT molecular complexity index is 962. The lowest BCUT2D eigenvalue weighted by Crippen LogP contribution is -2.30. The van der Waals surface area contributed by atoms with E-state index >= 15 is 0 Å². The van der Waals surface area contributed by atoms with Crippen molar-refractivity contribution in [1.82, 2.24) is 9.88 Å². The van der Waals surface area contributed by atoms with Gasteiger partial charge in [0.25, 0.3) is 0 Å². The first-order valence-corrected chi connectivity index (χ1v) is 8.87. The van der Waals surface area contributed by atoms with Gasteiger partial charge in [0, 0.05) is 30.5 Å². The fourth-order valence-corrected chi connectivity index (χ4v) is 3.06. The molecule has 0 fully saturated rings. The summed E-state index contributed by atoms with van der Waals surface area (Å²) in [7, 11) is 1.34. The van der Waals surface area contributed by atoms with Gasteiger partial charge >= 0.3 is 12.0 Å². The zero-order valence-electron chi connectivity index (χ0n) is 15.5. The Morgan fingerprint density at radius 2 is 1.89 bits per heavy atom. The lowest BCUT2D eigenvalue weighted by atomic mass is 10.1. The second kappa shape index (κ2) is 8.40. The number of nitrogens with zero attached hydrogens (tertiary/aromatic N) is 1. The summed E-state index contributed by atoms with van der Waals surface area (Å²) in [6, 6.07) is 15.2. The molecule has 27 heavy (non-hydrogen) atoms. The summed E-state index contributed by atoms with van der Waals surface area (Å²) >= 11 is 0. The van der Waals surface area contributed by atoms with Crippen molar-refractivity contribution in [3.63, 3.8) is 0 Å². The summed E-state index contributed by atoms with van der Waals surface area (Å²) in [5.74, 6) is -0.421. The normalized spacial score (nSPS) is 10.6. The third kappa shape index (κ3) is 4.28. The maximum atomic E-state index is 12.1. The number of nitrogens with one attached hydrogen (secondary N) is 2. The number of methoxy groups -OCH3 is 1. The molecule has 0 radical (unpaired) electrons. The molecule has 0 aliphatic heterocycles. The van der Waals surface area contributed by atoms with Crippen LogP contribution >= 0.6 is 0 Å². The zero-order valence-corrected chi connectivity index (χ0v) is 15.5. The van der Waals surface area contributed by atoms with Gasteiger partial charge < -0.3 is 19.9 Å². The van der Waals surface area contributed by atoms with Crippen molar-refractivity contribution in [1.29, 1.82) is 0 Å². The molecular formula is C21H23N3O3. The molecule has 140 valence electrons. The van der Waals surface area contributed by atoms with Crippen molar-refractivity contribution in [2.75, 3.05) is 19.0 Å². The quantitative estimate of drug-likeness (QED) is 0.513. The minimum atomic E-state index is -0.421. The number of carbonyl (C=O) groups is 2. The number of fused-ring (bicyclic) bond motifs is 1. The van der Waals surface area contributed by atoms with E-state index < -0.39 is 5.97 Å². The van der Waals surface area contributed by atoms with E-state index in [9.17, 15) is 9.59 Å². The first kappa shape index (κ1) is 18.5. The molecule has 2 aromatic carbocycles. The standard InChI is InChI=1S/C21H23N3O3/c1-15-17(20(25)27-2)8-5-9-18(15)23-21(26)22-12-6-13-24-14-11-16-7-3-4-10-19(16)24/h3-5,7-11,14H,6,12-13H2,1-2H3,(H2,22,23,26). The first-order chi connectivity index (χ1) is 13.1. The molecule has 2 amide bonds. The molecule has 3 rings (SSSR count). The zero-order chi connectivity index (χ0) is 19.2. The van der Waals surface area contributed by atoms with E-state index in [1.165, 1.54) is 18.0 Å². The third-order valence-corrected chi connectivity index (χ3v) is 4.53. The van der Waals surface area contributed by atoms with Gasteiger partial charge in [0.2, 0.25) is 0 Å². The monoisotopic (exact) mass is 365 g/mol. The number of aryl methyl sites for hydroxylation is 1. The largest absolute Gasteiger partial charge is 0.465 e. The molecule has 0 aliphatic rings. The van der Waals surface area contributed by atoms with Gasteiger partial charge in [-0.05, 0) is 48.6 Å². The Kier molecular flexibility index (Phi) is 5.76. The molecular weight excluding hydrogens is 342 g/mol. The molecule has 0 unspecified atom stereocenters. The number of carbonyl (C=O) groups excluding carboxylic acids is 2. The molecule has 6 nitrogen and oxygen atoms in total. The van der Waals surface area contributed by atoms with E-state index in [0.717, 1.165) is 13.0 Å². The molecule has 0 saturated heterocycles. The van der Waals surface area contributed by atoms with Gasteiger partial charge in [0.15, 0.2) is 0 Å². The average Bonchev–Trinajstić information content (AvgIpc) is 3.09. The Labute approximate surface area is 158 Å². The lowest BCUT2D eigenvalue weighted by Gasteiger charge is -2.12. The first-order valence-electron chi connectivity index (χ1n) is 8.87. The van der Waals surface area contributed by atoms with E-state index in [4.69, 9.17) is 4.74 Å². The minimum absolute atomic E-state index is 0.294. The lowest BCUT2D eigenvalue weighted by molar-refractivity contribution is 0.0600. The van der Waals surface area contributed by atoms with Crippen LogP contribution in [-0.4, -0.2) is 30.2 Å². The van der Waals surface area contributed by atoms with Crippen molar-refractivity contribution in [2.45, 2.75) is 19.9 Å². The summed E-state index contributed by atoms with van der Waals surface area (Å²) in [4.78, 5) is 23.9. The Hall–Kier alpha value is -3.28. The highest BCUT2D eigenvalue weighted by Crippen LogP contribution is 2.19. The molecule has 0 aliphatic carbocycles.